The second kappa shape index (κ2) is 5.71. The Balaban J connectivity index is 2.20. The van der Waals surface area contributed by atoms with Crippen LogP contribution in [0.5, 0.6) is 0 Å². The molecule has 19 heavy (non-hydrogen) atoms. The summed E-state index contributed by atoms with van der Waals surface area (Å²) >= 11 is 6.66. The van der Waals surface area contributed by atoms with E-state index in [1.807, 2.05) is 13.0 Å². The number of aromatic nitrogens is 1. The summed E-state index contributed by atoms with van der Waals surface area (Å²) in [7, 11) is 0. The van der Waals surface area contributed by atoms with E-state index in [0.717, 1.165) is 10.2 Å². The minimum absolute atomic E-state index is 0.227. The van der Waals surface area contributed by atoms with Crippen molar-refractivity contribution in [2.45, 2.75) is 6.92 Å². The number of benzene rings is 1. The lowest BCUT2D eigenvalue weighted by molar-refractivity contribution is 0.102. The lowest BCUT2D eigenvalue weighted by atomic mass is 10.2. The van der Waals surface area contributed by atoms with Gasteiger partial charge in [-0.2, -0.15) is 0 Å². The van der Waals surface area contributed by atoms with Crippen molar-refractivity contribution in [2.24, 2.45) is 0 Å². The van der Waals surface area contributed by atoms with Gasteiger partial charge in [-0.25, -0.2) is 4.98 Å². The van der Waals surface area contributed by atoms with Gasteiger partial charge in [-0.1, -0.05) is 0 Å². The highest BCUT2D eigenvalue weighted by Crippen LogP contribution is 2.21. The van der Waals surface area contributed by atoms with E-state index in [1.54, 1.807) is 24.3 Å². The molecule has 6 heteroatoms. The summed E-state index contributed by atoms with van der Waals surface area (Å²) in [5.74, 6) is 0.286. The summed E-state index contributed by atoms with van der Waals surface area (Å²) in [6, 6.07) is 8.61. The molecule has 0 unspecified atom stereocenters. The van der Waals surface area contributed by atoms with Gasteiger partial charge in [-0.3, -0.25) is 4.79 Å². The van der Waals surface area contributed by atoms with Crippen LogP contribution in [-0.2, 0) is 0 Å². The Morgan fingerprint density at radius 1 is 1.21 bits per heavy atom. The van der Waals surface area contributed by atoms with Crippen molar-refractivity contribution in [1.82, 2.24) is 4.98 Å². The summed E-state index contributed by atoms with van der Waals surface area (Å²) in [6.07, 6.45) is 0. The van der Waals surface area contributed by atoms with E-state index in [-0.39, 0.29) is 5.91 Å². The Hall–Kier alpha value is -1.40. The van der Waals surface area contributed by atoms with Gasteiger partial charge < -0.3 is 11.1 Å². The predicted molar refractivity (Wildman–Crippen MR) is 83.2 cm³/mol. The number of hydrogen-bond acceptors (Lipinski definition) is 3. The van der Waals surface area contributed by atoms with E-state index in [1.165, 1.54) is 0 Å². The molecular weight excluding hydrogens is 374 g/mol. The van der Waals surface area contributed by atoms with Crippen LogP contribution in [0.25, 0.3) is 0 Å². The fourth-order valence-corrected chi connectivity index (χ4v) is 2.07. The summed E-state index contributed by atoms with van der Waals surface area (Å²) in [4.78, 5) is 16.3. The maximum Gasteiger partial charge on any atom is 0.256 e. The number of hydrogen-bond donors (Lipinski definition) is 2. The van der Waals surface area contributed by atoms with Crippen LogP contribution in [0.15, 0.2) is 39.3 Å². The van der Waals surface area contributed by atoms with Crippen molar-refractivity contribution in [3.8, 4) is 0 Å². The lowest BCUT2D eigenvalue weighted by Gasteiger charge is -2.07. The van der Waals surface area contributed by atoms with Crippen molar-refractivity contribution in [2.75, 3.05) is 11.1 Å². The molecule has 0 bridgehead atoms. The Kier molecular flexibility index (Phi) is 4.21. The standard InChI is InChI=1S/C13H11Br2N3O/c1-7-9(14)3-5-12(17-7)18-13(19)8-2-4-11(16)10(15)6-8/h2-6H,16H2,1H3,(H,17,18,19). The minimum atomic E-state index is -0.227. The number of carbonyl (C=O) groups is 1. The molecule has 0 atom stereocenters. The highest BCUT2D eigenvalue weighted by atomic mass is 79.9. The fourth-order valence-electron chi connectivity index (χ4n) is 1.47. The van der Waals surface area contributed by atoms with Gasteiger partial charge in [-0.15, -0.1) is 0 Å². The Labute approximate surface area is 127 Å². The first-order chi connectivity index (χ1) is 8.97. The van der Waals surface area contributed by atoms with E-state index in [0.29, 0.717) is 21.5 Å². The van der Waals surface area contributed by atoms with Gasteiger partial charge in [-0.05, 0) is 69.1 Å². The number of pyridine rings is 1. The lowest BCUT2D eigenvalue weighted by Crippen LogP contribution is -2.13. The molecule has 0 radical (unpaired) electrons. The van der Waals surface area contributed by atoms with Crippen LogP contribution >= 0.6 is 31.9 Å². The summed E-state index contributed by atoms with van der Waals surface area (Å²) in [5.41, 5.74) is 7.61. The van der Waals surface area contributed by atoms with Crippen LogP contribution in [-0.4, -0.2) is 10.9 Å². The zero-order chi connectivity index (χ0) is 14.0. The molecule has 0 saturated heterocycles. The van der Waals surface area contributed by atoms with Gasteiger partial charge in [0.25, 0.3) is 5.91 Å². The van der Waals surface area contributed by atoms with Crippen molar-refractivity contribution in [1.29, 1.82) is 0 Å². The number of amides is 1. The molecule has 0 aliphatic rings. The molecule has 0 aliphatic heterocycles. The fraction of sp³-hybridized carbons (Fsp3) is 0.0769. The van der Waals surface area contributed by atoms with E-state index in [9.17, 15) is 4.79 Å². The average molecular weight is 385 g/mol. The second-order valence-corrected chi connectivity index (χ2v) is 5.66. The highest BCUT2D eigenvalue weighted by molar-refractivity contribution is 9.10. The monoisotopic (exact) mass is 383 g/mol. The molecule has 4 nitrogen and oxygen atoms in total. The van der Waals surface area contributed by atoms with Gasteiger partial charge in [0.2, 0.25) is 0 Å². The van der Waals surface area contributed by atoms with E-state index >= 15 is 0 Å². The number of carbonyl (C=O) groups excluding carboxylic acids is 1. The smallest absolute Gasteiger partial charge is 0.256 e. The van der Waals surface area contributed by atoms with Gasteiger partial charge in [0.05, 0.1) is 5.69 Å². The van der Waals surface area contributed by atoms with Crippen LogP contribution in [0, 0.1) is 6.92 Å². The third kappa shape index (κ3) is 3.33. The SMILES string of the molecule is Cc1nc(NC(=O)c2ccc(N)c(Br)c2)ccc1Br. The van der Waals surface area contributed by atoms with Crippen molar-refractivity contribution in [3.63, 3.8) is 0 Å². The Morgan fingerprint density at radius 3 is 2.58 bits per heavy atom. The number of nitrogens with zero attached hydrogens (tertiary/aromatic N) is 1. The summed E-state index contributed by atoms with van der Waals surface area (Å²) < 4.78 is 1.60. The van der Waals surface area contributed by atoms with E-state index in [4.69, 9.17) is 5.73 Å². The third-order valence-corrected chi connectivity index (χ3v) is 4.05. The average Bonchev–Trinajstić information content (AvgIpc) is 2.37. The summed E-state index contributed by atoms with van der Waals surface area (Å²) in [6.45, 7) is 1.86. The molecule has 1 aromatic heterocycles. The molecule has 1 aromatic carbocycles. The van der Waals surface area contributed by atoms with E-state index < -0.39 is 0 Å². The predicted octanol–water partition coefficient (Wildman–Crippen LogP) is 3.75. The number of aryl methyl sites for hydroxylation is 1. The number of rotatable bonds is 2. The number of nitrogen functional groups attached to an aromatic ring is 1. The van der Waals surface area contributed by atoms with Gasteiger partial charge in [0, 0.05) is 20.2 Å². The minimum Gasteiger partial charge on any atom is -0.398 e. The van der Waals surface area contributed by atoms with Crippen molar-refractivity contribution < 1.29 is 4.79 Å². The summed E-state index contributed by atoms with van der Waals surface area (Å²) in [5, 5.41) is 2.74. The van der Waals surface area contributed by atoms with Crippen molar-refractivity contribution >= 4 is 49.3 Å². The maximum atomic E-state index is 12.0. The Bertz CT molecular complexity index is 644. The molecule has 1 amide bonds. The number of nitrogens with two attached hydrogens (primary N) is 1. The first kappa shape index (κ1) is 14.0. The van der Waals surface area contributed by atoms with Gasteiger partial charge in [0.15, 0.2) is 0 Å². The largest absolute Gasteiger partial charge is 0.398 e. The second-order valence-electron chi connectivity index (χ2n) is 3.95. The highest BCUT2D eigenvalue weighted by Gasteiger charge is 2.09. The molecule has 2 rings (SSSR count). The van der Waals surface area contributed by atoms with E-state index in [2.05, 4.69) is 42.2 Å². The number of nitrogens with one attached hydrogen (secondary N) is 1. The zero-order valence-electron chi connectivity index (χ0n) is 10.1. The molecule has 0 spiro atoms. The van der Waals surface area contributed by atoms with Crippen LogP contribution in [0.3, 0.4) is 0 Å². The first-order valence-corrected chi connectivity index (χ1v) is 7.05. The maximum absolute atomic E-state index is 12.0. The van der Waals surface area contributed by atoms with Crippen LogP contribution < -0.4 is 11.1 Å². The zero-order valence-corrected chi connectivity index (χ0v) is 13.2. The molecule has 3 N–H and O–H groups in total. The topological polar surface area (TPSA) is 68.0 Å². The Morgan fingerprint density at radius 2 is 1.95 bits per heavy atom. The molecule has 1 heterocycles. The molecule has 0 fully saturated rings. The van der Waals surface area contributed by atoms with Crippen LogP contribution in [0.1, 0.15) is 16.1 Å². The van der Waals surface area contributed by atoms with Gasteiger partial charge >= 0.3 is 0 Å². The first-order valence-electron chi connectivity index (χ1n) is 5.47. The van der Waals surface area contributed by atoms with Crippen LogP contribution in [0.4, 0.5) is 11.5 Å². The third-order valence-electron chi connectivity index (χ3n) is 2.53. The number of halogens is 2. The molecular formula is C13H11Br2N3O. The number of anilines is 2. The molecule has 2 aromatic rings. The van der Waals surface area contributed by atoms with Gasteiger partial charge in [0.1, 0.15) is 5.82 Å². The quantitative estimate of drug-likeness (QED) is 0.774. The molecule has 98 valence electrons. The molecule has 0 aliphatic carbocycles. The van der Waals surface area contributed by atoms with Crippen molar-refractivity contribution in [3.05, 3.63) is 50.5 Å². The molecule has 0 saturated carbocycles. The van der Waals surface area contributed by atoms with Crippen LogP contribution in [0.2, 0.25) is 0 Å². The normalized spacial score (nSPS) is 10.3.